The van der Waals surface area contributed by atoms with Crippen LogP contribution in [0.3, 0.4) is 0 Å². The lowest BCUT2D eigenvalue weighted by atomic mass is 10.2. The zero-order chi connectivity index (χ0) is 17.1. The number of hydrogen-bond donors (Lipinski definition) is 2. The van der Waals surface area contributed by atoms with Gasteiger partial charge in [-0.15, -0.1) is 30.6 Å². The minimum atomic E-state index is -2.92. The van der Waals surface area contributed by atoms with Crippen molar-refractivity contribution in [3.05, 3.63) is 36.4 Å². The zero-order valence-electron chi connectivity index (χ0n) is 13.9. The summed E-state index contributed by atoms with van der Waals surface area (Å²) in [5.74, 6) is 0.870. The molecule has 136 valence electrons. The van der Waals surface area contributed by atoms with Crippen molar-refractivity contribution in [2.75, 3.05) is 19.7 Å². The number of benzene rings is 1. The molecule has 8 heteroatoms. The molecule has 0 aliphatic carbocycles. The predicted octanol–water partition coefficient (Wildman–Crippen LogP) is 3.55. The summed E-state index contributed by atoms with van der Waals surface area (Å²) in [5.41, 5.74) is 0.520. The topological polar surface area (TPSA) is 54.9 Å². The van der Waals surface area contributed by atoms with E-state index in [1.807, 2.05) is 6.92 Å². The minimum Gasteiger partial charge on any atom is -0.490 e. The highest BCUT2D eigenvalue weighted by atomic mass is 127. The molecule has 1 aromatic carbocycles. The Balaban J connectivity index is 0.00000529. The number of halogens is 3. The summed E-state index contributed by atoms with van der Waals surface area (Å²) in [6, 6.07) is 4.99. The van der Waals surface area contributed by atoms with Crippen molar-refractivity contribution in [2.45, 2.75) is 27.0 Å². The SMILES string of the molecule is C=CCNC(=NCc1cccc(OCC)c1OC(F)F)NCC.I. The highest BCUT2D eigenvalue weighted by molar-refractivity contribution is 14.0. The van der Waals surface area contributed by atoms with Gasteiger partial charge in [-0.05, 0) is 19.9 Å². The van der Waals surface area contributed by atoms with Gasteiger partial charge in [-0.1, -0.05) is 18.2 Å². The molecule has 1 aromatic rings. The van der Waals surface area contributed by atoms with Gasteiger partial charge in [0.1, 0.15) is 0 Å². The Bertz CT molecular complexity index is 528. The van der Waals surface area contributed by atoms with Crippen LogP contribution in [0, 0.1) is 0 Å². The molecule has 0 fully saturated rings. The van der Waals surface area contributed by atoms with Crippen LogP contribution < -0.4 is 20.1 Å². The molecule has 0 saturated carbocycles. The fraction of sp³-hybridized carbons (Fsp3) is 0.438. The first-order valence-electron chi connectivity index (χ1n) is 7.44. The largest absolute Gasteiger partial charge is 0.490 e. The van der Waals surface area contributed by atoms with Crippen LogP contribution in [-0.2, 0) is 6.54 Å². The van der Waals surface area contributed by atoms with Crippen molar-refractivity contribution in [3.8, 4) is 11.5 Å². The Morgan fingerprint density at radius 3 is 2.67 bits per heavy atom. The van der Waals surface area contributed by atoms with E-state index in [9.17, 15) is 8.78 Å². The number of aliphatic imine (C=N–C) groups is 1. The van der Waals surface area contributed by atoms with Crippen molar-refractivity contribution in [2.24, 2.45) is 4.99 Å². The molecule has 0 aliphatic heterocycles. The van der Waals surface area contributed by atoms with Crippen molar-refractivity contribution < 1.29 is 18.3 Å². The van der Waals surface area contributed by atoms with E-state index in [0.717, 1.165) is 0 Å². The van der Waals surface area contributed by atoms with Gasteiger partial charge in [-0.3, -0.25) is 0 Å². The highest BCUT2D eigenvalue weighted by Crippen LogP contribution is 2.33. The van der Waals surface area contributed by atoms with E-state index in [1.165, 1.54) is 0 Å². The summed E-state index contributed by atoms with van der Waals surface area (Å²) >= 11 is 0. The van der Waals surface area contributed by atoms with Crippen molar-refractivity contribution in [1.82, 2.24) is 10.6 Å². The van der Waals surface area contributed by atoms with Gasteiger partial charge in [-0.25, -0.2) is 4.99 Å². The molecular weight excluding hydrogens is 431 g/mol. The molecule has 5 nitrogen and oxygen atoms in total. The molecule has 0 amide bonds. The minimum absolute atomic E-state index is 0. The van der Waals surface area contributed by atoms with Crippen molar-refractivity contribution >= 4 is 29.9 Å². The zero-order valence-corrected chi connectivity index (χ0v) is 16.2. The Morgan fingerprint density at radius 2 is 2.08 bits per heavy atom. The van der Waals surface area contributed by atoms with Gasteiger partial charge in [0.05, 0.1) is 13.2 Å². The maximum absolute atomic E-state index is 12.7. The first-order chi connectivity index (χ1) is 11.1. The maximum Gasteiger partial charge on any atom is 0.387 e. The number of rotatable bonds is 9. The van der Waals surface area contributed by atoms with Gasteiger partial charge in [0.15, 0.2) is 17.5 Å². The lowest BCUT2D eigenvalue weighted by Gasteiger charge is -2.15. The number of guanidine groups is 1. The number of nitrogens with one attached hydrogen (secondary N) is 2. The van der Waals surface area contributed by atoms with Gasteiger partial charge >= 0.3 is 6.61 Å². The third-order valence-electron chi connectivity index (χ3n) is 2.73. The second-order valence-electron chi connectivity index (χ2n) is 4.42. The first kappa shape index (κ1) is 22.4. The van der Waals surface area contributed by atoms with Crippen LogP contribution >= 0.6 is 24.0 Å². The summed E-state index contributed by atoms with van der Waals surface area (Å²) in [5, 5.41) is 6.10. The fourth-order valence-corrected chi connectivity index (χ4v) is 1.85. The molecule has 0 unspecified atom stereocenters. The molecule has 0 aliphatic rings. The van der Waals surface area contributed by atoms with Crippen LogP contribution in [0.25, 0.3) is 0 Å². The average molecular weight is 455 g/mol. The normalized spacial score (nSPS) is 10.8. The van der Waals surface area contributed by atoms with Crippen LogP contribution in [0.1, 0.15) is 19.4 Å². The van der Waals surface area contributed by atoms with E-state index < -0.39 is 6.61 Å². The van der Waals surface area contributed by atoms with Gasteiger partial charge in [-0.2, -0.15) is 8.78 Å². The molecule has 1 rings (SSSR count). The van der Waals surface area contributed by atoms with E-state index in [4.69, 9.17) is 4.74 Å². The van der Waals surface area contributed by atoms with Crippen LogP contribution in [-0.4, -0.2) is 32.3 Å². The molecule has 0 saturated heterocycles. The van der Waals surface area contributed by atoms with Gasteiger partial charge in [0.25, 0.3) is 0 Å². The number of alkyl halides is 2. The van der Waals surface area contributed by atoms with E-state index in [1.54, 1.807) is 31.2 Å². The third kappa shape index (κ3) is 7.80. The quantitative estimate of drug-likeness (QED) is 0.259. The molecule has 0 heterocycles. The third-order valence-corrected chi connectivity index (χ3v) is 2.73. The fourth-order valence-electron chi connectivity index (χ4n) is 1.85. The summed E-state index contributed by atoms with van der Waals surface area (Å²) in [6.07, 6.45) is 1.70. The van der Waals surface area contributed by atoms with E-state index in [2.05, 4.69) is 26.9 Å². The number of hydrogen-bond acceptors (Lipinski definition) is 3. The van der Waals surface area contributed by atoms with Crippen molar-refractivity contribution in [1.29, 1.82) is 0 Å². The second-order valence-corrected chi connectivity index (χ2v) is 4.42. The number of nitrogens with zero attached hydrogens (tertiary/aromatic N) is 1. The Morgan fingerprint density at radius 1 is 1.33 bits per heavy atom. The Kier molecular flexibility index (Phi) is 12.0. The molecule has 0 spiro atoms. The van der Waals surface area contributed by atoms with Crippen LogP contribution in [0.15, 0.2) is 35.8 Å². The summed E-state index contributed by atoms with van der Waals surface area (Å²) < 4.78 is 35.3. The summed E-state index contributed by atoms with van der Waals surface area (Å²) in [6.45, 7) is 6.18. The van der Waals surface area contributed by atoms with E-state index >= 15 is 0 Å². The molecule has 0 aromatic heterocycles. The first-order valence-corrected chi connectivity index (χ1v) is 7.44. The summed E-state index contributed by atoms with van der Waals surface area (Å²) in [7, 11) is 0. The van der Waals surface area contributed by atoms with Gasteiger partial charge in [0.2, 0.25) is 0 Å². The summed E-state index contributed by atoms with van der Waals surface area (Å²) in [4.78, 5) is 4.36. The molecule has 0 bridgehead atoms. The monoisotopic (exact) mass is 455 g/mol. The number of para-hydroxylation sites is 1. The lowest BCUT2D eigenvalue weighted by molar-refractivity contribution is -0.0520. The molecule has 24 heavy (non-hydrogen) atoms. The molecule has 2 N–H and O–H groups in total. The van der Waals surface area contributed by atoms with Gasteiger partial charge < -0.3 is 20.1 Å². The number of ether oxygens (including phenoxy) is 2. The molecule has 0 radical (unpaired) electrons. The van der Waals surface area contributed by atoms with Crippen LogP contribution in [0.2, 0.25) is 0 Å². The van der Waals surface area contributed by atoms with Crippen LogP contribution in [0.5, 0.6) is 11.5 Å². The van der Waals surface area contributed by atoms with Crippen molar-refractivity contribution in [3.63, 3.8) is 0 Å². The highest BCUT2D eigenvalue weighted by Gasteiger charge is 2.15. The van der Waals surface area contributed by atoms with Crippen LogP contribution in [0.4, 0.5) is 8.78 Å². The molecular formula is C16H24F2IN3O2. The standard InChI is InChI=1S/C16H23F2N3O2.HI/c1-4-10-20-16(19-5-2)21-11-12-8-7-9-13(22-6-3)14(12)23-15(17)18;/h4,7-9,15H,1,5-6,10-11H2,2-3H3,(H2,19,20,21);1H. The Hall–Kier alpha value is -1.58. The molecule has 0 atom stereocenters. The van der Waals surface area contributed by atoms with E-state index in [0.29, 0.717) is 31.2 Å². The van der Waals surface area contributed by atoms with Gasteiger partial charge in [0, 0.05) is 18.7 Å². The second kappa shape index (κ2) is 12.8. The average Bonchev–Trinajstić information content (AvgIpc) is 2.52. The maximum atomic E-state index is 12.7. The lowest BCUT2D eigenvalue weighted by Crippen LogP contribution is -2.37. The smallest absolute Gasteiger partial charge is 0.387 e. The van der Waals surface area contributed by atoms with E-state index in [-0.39, 0.29) is 42.0 Å². The predicted molar refractivity (Wildman–Crippen MR) is 103 cm³/mol. The Labute approximate surface area is 158 Å².